The van der Waals surface area contributed by atoms with Crippen LogP contribution in [0.25, 0.3) is 0 Å². The number of H-pyrrole nitrogens is 1. The van der Waals surface area contributed by atoms with Crippen molar-refractivity contribution >= 4 is 35.2 Å². The maximum atomic E-state index is 12.0. The molecule has 0 atom stereocenters. The van der Waals surface area contributed by atoms with Gasteiger partial charge in [0.25, 0.3) is 0 Å². The minimum absolute atomic E-state index is 0.0355. The van der Waals surface area contributed by atoms with E-state index in [2.05, 4.69) is 35.4 Å². The highest BCUT2D eigenvalue weighted by atomic mass is 17.1. The van der Waals surface area contributed by atoms with Gasteiger partial charge in [-0.2, -0.15) is 9.97 Å². The molecule has 7 N–H and O–H groups in total. The van der Waals surface area contributed by atoms with E-state index >= 15 is 0 Å². The molecule has 0 aliphatic carbocycles. The molecule has 0 amide bonds. The summed E-state index contributed by atoms with van der Waals surface area (Å²) in [7, 11) is 0. The van der Waals surface area contributed by atoms with Crippen LogP contribution >= 0.6 is 0 Å². The molecule has 0 bridgehead atoms. The quantitative estimate of drug-likeness (QED) is 0.171. The molecule has 0 aliphatic rings. The third kappa shape index (κ3) is 6.31. The molecule has 1 aromatic heterocycles. The molecule has 14 heteroatoms. The minimum Gasteiger partial charge on any atom is -0.478 e. The van der Waals surface area contributed by atoms with Crippen LogP contribution in [0.15, 0.2) is 41.2 Å². The van der Waals surface area contributed by atoms with E-state index in [-0.39, 0.29) is 41.9 Å². The second kappa shape index (κ2) is 10.3. The highest BCUT2D eigenvalue weighted by Crippen LogP contribution is 2.21. The van der Waals surface area contributed by atoms with Gasteiger partial charge < -0.3 is 20.8 Å². The number of carboxylic acid groups (broad SMARTS) is 2. The lowest BCUT2D eigenvalue weighted by molar-refractivity contribution is -0.254. The number of nitrogens with zero attached hydrogens (tertiary/aromatic N) is 2. The first-order chi connectivity index (χ1) is 15.8. The molecule has 0 fully saturated rings. The van der Waals surface area contributed by atoms with Crippen LogP contribution in [0, 0.1) is 0 Å². The zero-order valence-electron chi connectivity index (χ0n) is 16.6. The first-order valence-corrected chi connectivity index (χ1v) is 9.07. The summed E-state index contributed by atoms with van der Waals surface area (Å²) in [5.41, 5.74) is 0.0547. The highest BCUT2D eigenvalue weighted by Gasteiger charge is 2.13. The first-order valence-electron chi connectivity index (χ1n) is 9.07. The standard InChI is InChI=1S/C19H17N5O9/c25-15(26)11-4-12(16(27)28)6-14(5-11)21-18-22-17(23-19(29)24-18)20-13-2-9(7-32-30)1-10(3-13)8-33-31/h1-6,30-31H,7-8H2,(H,25,26)(H,27,28)(H3,20,21,22,23,24,29). The lowest BCUT2D eigenvalue weighted by Crippen LogP contribution is -2.17. The average Bonchev–Trinajstić information content (AvgIpc) is 2.73. The number of hydrogen-bond acceptors (Lipinski definition) is 11. The number of anilines is 4. The van der Waals surface area contributed by atoms with Crippen molar-refractivity contribution in [3.8, 4) is 0 Å². The third-order valence-corrected chi connectivity index (χ3v) is 4.11. The van der Waals surface area contributed by atoms with Gasteiger partial charge in [0.1, 0.15) is 13.2 Å². The minimum atomic E-state index is -1.34. The van der Waals surface area contributed by atoms with E-state index in [9.17, 15) is 24.6 Å². The van der Waals surface area contributed by atoms with Crippen LogP contribution in [0.2, 0.25) is 0 Å². The summed E-state index contributed by atoms with van der Waals surface area (Å²) in [5.74, 6) is -2.99. The van der Waals surface area contributed by atoms with Gasteiger partial charge in [-0.25, -0.2) is 24.2 Å². The summed E-state index contributed by atoms with van der Waals surface area (Å²) in [4.78, 5) is 52.9. The van der Waals surface area contributed by atoms with Crippen LogP contribution in [0.5, 0.6) is 0 Å². The number of rotatable bonds is 10. The van der Waals surface area contributed by atoms with Crippen molar-refractivity contribution in [3.63, 3.8) is 0 Å². The number of nitrogens with one attached hydrogen (secondary N) is 3. The fraction of sp³-hybridized carbons (Fsp3) is 0.105. The number of hydrogen-bond donors (Lipinski definition) is 7. The van der Waals surface area contributed by atoms with Crippen molar-refractivity contribution in [2.45, 2.75) is 13.2 Å². The van der Waals surface area contributed by atoms with E-state index in [4.69, 9.17) is 10.5 Å². The number of aromatic amines is 1. The summed E-state index contributed by atoms with van der Waals surface area (Å²) >= 11 is 0. The molecule has 0 spiro atoms. The number of aromatic carboxylic acids is 2. The monoisotopic (exact) mass is 459 g/mol. The Balaban J connectivity index is 1.92. The zero-order chi connectivity index (χ0) is 24.0. The highest BCUT2D eigenvalue weighted by molar-refractivity contribution is 5.95. The van der Waals surface area contributed by atoms with E-state index in [1.54, 1.807) is 18.2 Å². The molecule has 0 radical (unpaired) electrons. The van der Waals surface area contributed by atoms with E-state index in [1.165, 1.54) is 0 Å². The van der Waals surface area contributed by atoms with Crippen molar-refractivity contribution in [2.75, 3.05) is 10.6 Å². The molecule has 3 aromatic rings. The van der Waals surface area contributed by atoms with E-state index < -0.39 is 17.6 Å². The first kappa shape index (κ1) is 23.3. The van der Waals surface area contributed by atoms with Crippen molar-refractivity contribution in [3.05, 3.63) is 69.1 Å². The molecule has 1 heterocycles. The molecule has 0 aliphatic heterocycles. The molecule has 2 aromatic carbocycles. The van der Waals surface area contributed by atoms with Crippen LogP contribution < -0.4 is 16.3 Å². The Morgan fingerprint density at radius 3 is 1.88 bits per heavy atom. The second-order valence-corrected chi connectivity index (χ2v) is 6.57. The summed E-state index contributed by atoms with van der Waals surface area (Å²) < 4.78 is 0. The normalized spacial score (nSPS) is 10.6. The Labute approximate surface area is 184 Å². The Morgan fingerprint density at radius 2 is 1.36 bits per heavy atom. The van der Waals surface area contributed by atoms with E-state index in [0.29, 0.717) is 16.8 Å². The second-order valence-electron chi connectivity index (χ2n) is 6.57. The third-order valence-electron chi connectivity index (χ3n) is 4.11. The van der Waals surface area contributed by atoms with Gasteiger partial charge in [0.2, 0.25) is 11.9 Å². The molecule has 3 rings (SSSR count). The van der Waals surface area contributed by atoms with Gasteiger partial charge >= 0.3 is 17.6 Å². The van der Waals surface area contributed by atoms with E-state index in [1.807, 2.05) is 0 Å². The molecule has 0 saturated heterocycles. The van der Waals surface area contributed by atoms with Crippen molar-refractivity contribution in [1.29, 1.82) is 0 Å². The van der Waals surface area contributed by atoms with Crippen LogP contribution in [-0.2, 0) is 23.0 Å². The van der Waals surface area contributed by atoms with Gasteiger partial charge in [-0.15, -0.1) is 0 Å². The summed E-state index contributed by atoms with van der Waals surface area (Å²) in [6.07, 6.45) is 0. The van der Waals surface area contributed by atoms with E-state index in [0.717, 1.165) is 18.2 Å². The summed E-state index contributed by atoms with van der Waals surface area (Å²) in [6.45, 7) is -0.320. The number of aromatic nitrogens is 3. The molecule has 14 nitrogen and oxygen atoms in total. The zero-order valence-corrected chi connectivity index (χ0v) is 16.6. The fourth-order valence-electron chi connectivity index (χ4n) is 2.86. The number of carbonyl (C=O) groups is 2. The summed E-state index contributed by atoms with van der Waals surface area (Å²) in [6, 6.07) is 8.04. The van der Waals surface area contributed by atoms with Gasteiger partial charge in [0, 0.05) is 11.4 Å². The predicted molar refractivity (Wildman–Crippen MR) is 111 cm³/mol. The molecule has 33 heavy (non-hydrogen) atoms. The Hall–Kier alpha value is -4.37. The van der Waals surface area contributed by atoms with Gasteiger partial charge in [0.05, 0.1) is 11.1 Å². The van der Waals surface area contributed by atoms with Crippen LogP contribution in [-0.4, -0.2) is 47.6 Å². The predicted octanol–water partition coefficient (Wildman–Crippen LogP) is 2.03. The SMILES string of the molecule is O=C(O)c1cc(Nc2nc(Nc3cc(COO)cc(COO)c3)[nH]c(=O)n2)cc(C(=O)O)c1. The number of benzene rings is 2. The van der Waals surface area contributed by atoms with Crippen molar-refractivity contribution < 1.29 is 40.1 Å². The van der Waals surface area contributed by atoms with Gasteiger partial charge in [-0.1, -0.05) is 6.07 Å². The largest absolute Gasteiger partial charge is 0.478 e. The molecular weight excluding hydrogens is 442 g/mol. The maximum absolute atomic E-state index is 12.0. The van der Waals surface area contributed by atoms with Gasteiger partial charge in [-0.05, 0) is 41.5 Å². The lowest BCUT2D eigenvalue weighted by atomic mass is 10.1. The Kier molecular flexibility index (Phi) is 7.27. The van der Waals surface area contributed by atoms with Gasteiger partial charge in [0.15, 0.2) is 0 Å². The summed E-state index contributed by atoms with van der Waals surface area (Å²) in [5, 5.41) is 41.2. The number of carboxylic acids is 2. The molecule has 0 saturated carbocycles. The fourth-order valence-corrected chi connectivity index (χ4v) is 2.86. The maximum Gasteiger partial charge on any atom is 0.351 e. The topological polar surface area (TPSA) is 216 Å². The van der Waals surface area contributed by atoms with Crippen LogP contribution in [0.1, 0.15) is 31.8 Å². The smallest absolute Gasteiger partial charge is 0.351 e. The Morgan fingerprint density at radius 1 is 0.818 bits per heavy atom. The lowest BCUT2D eigenvalue weighted by Gasteiger charge is -2.11. The van der Waals surface area contributed by atoms with Crippen molar-refractivity contribution in [1.82, 2.24) is 15.0 Å². The van der Waals surface area contributed by atoms with Crippen LogP contribution in [0.3, 0.4) is 0 Å². The van der Waals surface area contributed by atoms with Gasteiger partial charge in [-0.3, -0.25) is 15.5 Å². The molecular formula is C19H17N5O9. The van der Waals surface area contributed by atoms with Crippen LogP contribution in [0.4, 0.5) is 23.3 Å². The average molecular weight is 459 g/mol. The Bertz CT molecular complexity index is 1190. The molecule has 0 unspecified atom stereocenters. The molecule has 172 valence electrons. The van der Waals surface area contributed by atoms with Crippen molar-refractivity contribution in [2.24, 2.45) is 0 Å².